The zero-order chi connectivity index (χ0) is 23.7. The molecule has 1 fully saturated rings. The summed E-state index contributed by atoms with van der Waals surface area (Å²) in [5.41, 5.74) is -0.474. The van der Waals surface area contributed by atoms with Crippen LogP contribution in [0.25, 0.3) is 0 Å². The third-order valence-corrected chi connectivity index (χ3v) is 6.74. The molecular formula is C23H20ClF3N5O. The van der Waals surface area contributed by atoms with Crippen molar-refractivity contribution < 1.29 is 18.0 Å². The van der Waals surface area contributed by atoms with Crippen molar-refractivity contribution in [3.63, 3.8) is 0 Å². The molecule has 171 valence electrons. The number of aryl methyl sites for hydroxylation is 1. The summed E-state index contributed by atoms with van der Waals surface area (Å²) in [4.78, 5) is 18.7. The van der Waals surface area contributed by atoms with E-state index in [0.717, 1.165) is 30.3 Å². The molecule has 1 radical (unpaired) electrons. The smallest absolute Gasteiger partial charge is 0.320 e. The molecule has 0 spiro atoms. The van der Waals surface area contributed by atoms with Crippen molar-refractivity contribution in [3.05, 3.63) is 76.3 Å². The van der Waals surface area contributed by atoms with E-state index in [2.05, 4.69) is 29.0 Å². The van der Waals surface area contributed by atoms with Crippen molar-refractivity contribution in [2.45, 2.75) is 37.9 Å². The van der Waals surface area contributed by atoms with Crippen molar-refractivity contribution in [3.8, 4) is 0 Å². The average molecular weight is 475 g/mol. The van der Waals surface area contributed by atoms with E-state index >= 15 is 0 Å². The Balaban J connectivity index is 1.60. The Morgan fingerprint density at radius 3 is 2.55 bits per heavy atom. The van der Waals surface area contributed by atoms with E-state index in [1.165, 1.54) is 11.0 Å². The number of halogens is 4. The van der Waals surface area contributed by atoms with Crippen LogP contribution >= 0.6 is 11.6 Å². The van der Waals surface area contributed by atoms with Crippen LogP contribution in [0, 0.1) is 12.8 Å². The van der Waals surface area contributed by atoms with Gasteiger partial charge in [0.25, 0.3) is 5.91 Å². The summed E-state index contributed by atoms with van der Waals surface area (Å²) in [5, 5.41) is 8.47. The monoisotopic (exact) mass is 474 g/mol. The highest BCUT2D eigenvalue weighted by Crippen LogP contribution is 2.52. The van der Waals surface area contributed by atoms with Gasteiger partial charge < -0.3 is 4.57 Å². The molecule has 0 saturated heterocycles. The van der Waals surface area contributed by atoms with Crippen LogP contribution in [0.15, 0.2) is 30.6 Å². The van der Waals surface area contributed by atoms with Crippen molar-refractivity contribution >= 4 is 23.3 Å². The highest BCUT2D eigenvalue weighted by Gasteiger charge is 2.49. The highest BCUT2D eigenvalue weighted by molar-refractivity contribution is 6.29. The van der Waals surface area contributed by atoms with E-state index < -0.39 is 23.1 Å². The van der Waals surface area contributed by atoms with Gasteiger partial charge in [0.1, 0.15) is 23.1 Å². The minimum atomic E-state index is -4.60. The fourth-order valence-electron chi connectivity index (χ4n) is 5.20. The molecular weight excluding hydrogens is 455 g/mol. The molecule has 0 bridgehead atoms. The Kier molecular flexibility index (Phi) is 4.83. The Hall–Kier alpha value is -2.94. The van der Waals surface area contributed by atoms with Gasteiger partial charge in [0.15, 0.2) is 0 Å². The lowest BCUT2D eigenvalue weighted by Gasteiger charge is -2.46. The van der Waals surface area contributed by atoms with E-state index in [0.29, 0.717) is 5.92 Å². The molecule has 3 aromatic rings. The standard InChI is InChI=1S/C23H20ClF3N5O/c1-12-4-15-16(17(5-12)23(25,26)27)10-32(20(15)33)19-7-14(6-18(24)29-19)22(8-13(2)9-22)21-30-28-11-31(21)3/h4-7,11,13H,1,8-10H2,2-3H3. The average Bonchev–Trinajstić information content (AvgIpc) is 3.27. The van der Waals surface area contributed by atoms with E-state index in [-0.39, 0.29) is 34.2 Å². The van der Waals surface area contributed by atoms with Crippen molar-refractivity contribution in [1.82, 2.24) is 19.7 Å². The largest absolute Gasteiger partial charge is 0.416 e. The fraction of sp³-hybridized carbons (Fsp3) is 0.348. The molecule has 1 aromatic carbocycles. The zero-order valence-electron chi connectivity index (χ0n) is 17.9. The van der Waals surface area contributed by atoms with E-state index in [9.17, 15) is 18.0 Å². The third-order valence-electron chi connectivity index (χ3n) is 6.55. The molecule has 3 heterocycles. The zero-order valence-corrected chi connectivity index (χ0v) is 18.7. The number of fused-ring (bicyclic) bond motifs is 1. The van der Waals surface area contributed by atoms with Crippen LogP contribution in [0.4, 0.5) is 19.0 Å². The number of aromatic nitrogens is 4. The number of nitrogens with zero attached hydrogens (tertiary/aromatic N) is 5. The minimum Gasteiger partial charge on any atom is -0.320 e. The Morgan fingerprint density at radius 2 is 1.94 bits per heavy atom. The maximum atomic E-state index is 13.6. The summed E-state index contributed by atoms with van der Waals surface area (Å²) in [6, 6.07) is 5.81. The lowest BCUT2D eigenvalue weighted by Crippen LogP contribution is -2.43. The second-order valence-electron chi connectivity index (χ2n) is 8.96. The number of pyridine rings is 1. The van der Waals surface area contributed by atoms with Gasteiger partial charge in [0.2, 0.25) is 0 Å². The number of anilines is 1. The molecule has 0 N–H and O–H groups in total. The SMILES string of the molecule is [CH2]c1cc2c(c(C(F)(F)F)c1)CN(c1cc(C3(c4nncn4C)CC(C)C3)cc(Cl)n1)C2=O. The number of rotatable bonds is 3. The minimum absolute atomic E-state index is 0.0153. The predicted molar refractivity (Wildman–Crippen MR) is 116 cm³/mol. The van der Waals surface area contributed by atoms with Gasteiger partial charge in [-0.1, -0.05) is 18.5 Å². The first kappa shape index (κ1) is 21.9. The molecule has 1 aliphatic carbocycles. The maximum Gasteiger partial charge on any atom is 0.416 e. The molecule has 2 aromatic heterocycles. The van der Waals surface area contributed by atoms with Crippen LogP contribution in [0.3, 0.4) is 0 Å². The topological polar surface area (TPSA) is 63.9 Å². The Morgan fingerprint density at radius 1 is 1.21 bits per heavy atom. The van der Waals surface area contributed by atoms with E-state index in [1.54, 1.807) is 18.5 Å². The van der Waals surface area contributed by atoms with Gasteiger partial charge in [-0.05, 0) is 66.6 Å². The summed E-state index contributed by atoms with van der Waals surface area (Å²) in [7, 11) is 1.86. The number of hydrogen-bond donors (Lipinski definition) is 0. The van der Waals surface area contributed by atoms with Gasteiger partial charge >= 0.3 is 6.18 Å². The summed E-state index contributed by atoms with van der Waals surface area (Å²) in [6.45, 7) is 5.49. The third kappa shape index (κ3) is 3.40. The molecule has 0 unspecified atom stereocenters. The van der Waals surface area contributed by atoms with Crippen molar-refractivity contribution in [1.29, 1.82) is 0 Å². The number of carbonyl (C=O) groups is 1. The number of hydrogen-bond acceptors (Lipinski definition) is 4. The molecule has 1 saturated carbocycles. The van der Waals surface area contributed by atoms with Crippen LogP contribution in [0.1, 0.15) is 58.2 Å². The Labute approximate surface area is 193 Å². The summed E-state index contributed by atoms with van der Waals surface area (Å²) in [5.74, 6) is 0.862. The molecule has 6 nitrogen and oxygen atoms in total. The molecule has 33 heavy (non-hydrogen) atoms. The fourth-order valence-corrected chi connectivity index (χ4v) is 5.40. The van der Waals surface area contributed by atoms with Crippen molar-refractivity contribution in [2.75, 3.05) is 4.90 Å². The second-order valence-corrected chi connectivity index (χ2v) is 9.34. The van der Waals surface area contributed by atoms with Gasteiger partial charge in [0.05, 0.1) is 17.5 Å². The first-order valence-corrected chi connectivity index (χ1v) is 10.8. The van der Waals surface area contributed by atoms with Gasteiger partial charge in [-0.2, -0.15) is 13.2 Å². The lowest BCUT2D eigenvalue weighted by atomic mass is 9.58. The summed E-state index contributed by atoms with van der Waals surface area (Å²) >= 11 is 6.36. The summed E-state index contributed by atoms with van der Waals surface area (Å²) in [6.07, 6.45) is -1.37. The highest BCUT2D eigenvalue weighted by atomic mass is 35.5. The molecule has 0 atom stereocenters. The molecule has 1 aliphatic heterocycles. The molecule has 1 amide bonds. The molecule has 2 aliphatic rings. The van der Waals surface area contributed by atoms with Crippen LogP contribution in [0.5, 0.6) is 0 Å². The number of amides is 1. The van der Waals surface area contributed by atoms with E-state index in [1.807, 2.05) is 11.6 Å². The normalized spacial score (nSPS) is 22.5. The number of carbonyl (C=O) groups excluding carboxylic acids is 1. The first-order valence-electron chi connectivity index (χ1n) is 10.4. The van der Waals surface area contributed by atoms with Crippen molar-refractivity contribution in [2.24, 2.45) is 13.0 Å². The maximum absolute atomic E-state index is 13.6. The lowest BCUT2D eigenvalue weighted by molar-refractivity contribution is -0.138. The van der Waals surface area contributed by atoms with E-state index in [4.69, 9.17) is 11.6 Å². The van der Waals surface area contributed by atoms with Gasteiger partial charge in [-0.15, -0.1) is 10.2 Å². The first-order chi connectivity index (χ1) is 15.5. The van der Waals surface area contributed by atoms with Crippen LogP contribution < -0.4 is 4.90 Å². The molecule has 10 heteroatoms. The van der Waals surface area contributed by atoms with Gasteiger partial charge in [0, 0.05) is 12.6 Å². The second kappa shape index (κ2) is 7.28. The molecule has 5 rings (SSSR count). The Bertz CT molecular complexity index is 1280. The van der Waals surface area contributed by atoms with Gasteiger partial charge in [-0.25, -0.2) is 4.98 Å². The number of alkyl halides is 3. The number of benzene rings is 1. The quantitative estimate of drug-likeness (QED) is 0.504. The van der Waals surface area contributed by atoms with Crippen LogP contribution in [-0.4, -0.2) is 25.7 Å². The van der Waals surface area contributed by atoms with Gasteiger partial charge in [-0.3, -0.25) is 9.69 Å². The predicted octanol–water partition coefficient (Wildman–Crippen LogP) is 4.94. The van der Waals surface area contributed by atoms with Crippen LogP contribution in [-0.2, 0) is 25.2 Å². The summed E-state index contributed by atoms with van der Waals surface area (Å²) < 4.78 is 42.8. The van der Waals surface area contributed by atoms with Crippen LogP contribution in [0.2, 0.25) is 5.15 Å².